The van der Waals surface area contributed by atoms with Gasteiger partial charge in [-0.1, -0.05) is 5.16 Å². The molecule has 96 valence electrons. The molecule has 0 atom stereocenters. The molecule has 0 aliphatic rings. The third-order valence-electron chi connectivity index (χ3n) is 2.22. The first-order chi connectivity index (χ1) is 8.44. The number of phenolic OH excluding ortho intramolecular Hbond substituents is 1. The van der Waals surface area contributed by atoms with Crippen molar-refractivity contribution in [2.45, 2.75) is 19.0 Å². The zero-order chi connectivity index (χ0) is 13.2. The predicted molar refractivity (Wildman–Crippen MR) is 55.8 cm³/mol. The molecular formula is C11H9F3N2O2. The van der Waals surface area contributed by atoms with Crippen molar-refractivity contribution in [2.75, 3.05) is 0 Å². The molecule has 0 spiro atoms. The Labute approximate surface area is 100 Å². The molecule has 2 rings (SSSR count). The van der Waals surface area contributed by atoms with Crippen molar-refractivity contribution in [3.05, 3.63) is 30.2 Å². The van der Waals surface area contributed by atoms with Crippen LogP contribution in [0.25, 0.3) is 11.4 Å². The fourth-order valence-electron chi connectivity index (χ4n) is 1.33. The van der Waals surface area contributed by atoms with Crippen molar-refractivity contribution in [1.82, 2.24) is 10.1 Å². The molecule has 0 aliphatic heterocycles. The van der Waals surface area contributed by atoms with Gasteiger partial charge in [-0.3, -0.25) is 0 Å². The second kappa shape index (κ2) is 4.67. The van der Waals surface area contributed by atoms with Crippen LogP contribution < -0.4 is 0 Å². The van der Waals surface area contributed by atoms with E-state index in [0.717, 1.165) is 0 Å². The largest absolute Gasteiger partial charge is 0.508 e. The topological polar surface area (TPSA) is 59.2 Å². The van der Waals surface area contributed by atoms with Gasteiger partial charge in [0.05, 0.1) is 6.42 Å². The zero-order valence-electron chi connectivity index (χ0n) is 9.11. The fraction of sp³-hybridized carbons (Fsp3) is 0.273. The maximum Gasteiger partial charge on any atom is 0.389 e. The number of aromatic nitrogens is 2. The highest BCUT2D eigenvalue weighted by molar-refractivity contribution is 5.55. The normalized spacial score (nSPS) is 11.7. The van der Waals surface area contributed by atoms with Crippen LogP contribution >= 0.6 is 0 Å². The van der Waals surface area contributed by atoms with Gasteiger partial charge in [-0.05, 0) is 24.3 Å². The highest BCUT2D eigenvalue weighted by atomic mass is 19.4. The smallest absolute Gasteiger partial charge is 0.389 e. The minimum absolute atomic E-state index is 0.0598. The number of nitrogens with zero attached hydrogens (tertiary/aromatic N) is 2. The van der Waals surface area contributed by atoms with Gasteiger partial charge in [0.25, 0.3) is 0 Å². The fourth-order valence-corrected chi connectivity index (χ4v) is 1.33. The maximum atomic E-state index is 12.0. The molecule has 2 aromatic rings. The van der Waals surface area contributed by atoms with Crippen molar-refractivity contribution >= 4 is 0 Å². The number of benzene rings is 1. The Morgan fingerprint density at radius 1 is 1.17 bits per heavy atom. The van der Waals surface area contributed by atoms with Crippen molar-refractivity contribution < 1.29 is 22.8 Å². The third kappa shape index (κ3) is 3.22. The minimum Gasteiger partial charge on any atom is -0.508 e. The Morgan fingerprint density at radius 2 is 1.83 bits per heavy atom. The Hall–Kier alpha value is -2.05. The molecule has 7 heteroatoms. The summed E-state index contributed by atoms with van der Waals surface area (Å²) in [5.74, 6) is 0.224. The lowest BCUT2D eigenvalue weighted by atomic mass is 10.2. The molecule has 0 saturated carbocycles. The van der Waals surface area contributed by atoms with Gasteiger partial charge in [-0.25, -0.2) is 0 Å². The summed E-state index contributed by atoms with van der Waals surface area (Å²) in [7, 11) is 0. The molecule has 1 aromatic heterocycles. The van der Waals surface area contributed by atoms with Crippen LogP contribution in [0.5, 0.6) is 5.75 Å². The Morgan fingerprint density at radius 3 is 2.44 bits per heavy atom. The van der Waals surface area contributed by atoms with Crippen LogP contribution in [-0.4, -0.2) is 21.4 Å². The first-order valence-electron chi connectivity index (χ1n) is 5.13. The molecular weight excluding hydrogens is 249 g/mol. The number of hydrogen-bond donors (Lipinski definition) is 1. The summed E-state index contributed by atoms with van der Waals surface area (Å²) in [5, 5.41) is 12.7. The van der Waals surface area contributed by atoms with E-state index >= 15 is 0 Å². The Balaban J connectivity index is 2.08. The average Bonchev–Trinajstić information content (AvgIpc) is 2.75. The Kier molecular flexibility index (Phi) is 3.22. The summed E-state index contributed by atoms with van der Waals surface area (Å²) < 4.78 is 40.7. The molecule has 0 aliphatic carbocycles. The van der Waals surface area contributed by atoms with E-state index in [0.29, 0.717) is 5.56 Å². The van der Waals surface area contributed by atoms with Crippen molar-refractivity contribution in [3.8, 4) is 17.1 Å². The van der Waals surface area contributed by atoms with E-state index in [1.165, 1.54) is 12.1 Å². The van der Waals surface area contributed by atoms with E-state index in [4.69, 9.17) is 9.63 Å². The lowest BCUT2D eigenvalue weighted by Crippen LogP contribution is -2.08. The summed E-state index contributed by atoms with van der Waals surface area (Å²) >= 11 is 0. The van der Waals surface area contributed by atoms with Crippen LogP contribution in [0.3, 0.4) is 0 Å². The number of aryl methyl sites for hydroxylation is 1. The Bertz CT molecular complexity index is 520. The number of aromatic hydroxyl groups is 1. The number of phenols is 1. The van der Waals surface area contributed by atoms with Crippen LogP contribution in [0.4, 0.5) is 13.2 Å². The van der Waals surface area contributed by atoms with Crippen molar-refractivity contribution in [2.24, 2.45) is 0 Å². The summed E-state index contributed by atoms with van der Waals surface area (Å²) in [5.41, 5.74) is 0.565. The lowest BCUT2D eigenvalue weighted by molar-refractivity contribution is -0.134. The van der Waals surface area contributed by atoms with Gasteiger partial charge in [-0.2, -0.15) is 18.2 Å². The SMILES string of the molecule is Oc1ccc(-c2noc(CCC(F)(F)F)n2)cc1. The molecule has 0 unspecified atom stereocenters. The monoisotopic (exact) mass is 258 g/mol. The summed E-state index contributed by atoms with van der Waals surface area (Å²) in [6.45, 7) is 0. The number of alkyl halides is 3. The van der Waals surface area contributed by atoms with Gasteiger partial charge in [0, 0.05) is 12.0 Å². The molecule has 4 nitrogen and oxygen atoms in total. The van der Waals surface area contributed by atoms with E-state index in [2.05, 4.69) is 10.1 Å². The quantitative estimate of drug-likeness (QED) is 0.919. The second-order valence-corrected chi connectivity index (χ2v) is 3.67. The number of halogens is 3. The molecule has 0 amide bonds. The van der Waals surface area contributed by atoms with Crippen LogP contribution in [0, 0.1) is 0 Å². The van der Waals surface area contributed by atoms with Crippen LogP contribution in [0.15, 0.2) is 28.8 Å². The predicted octanol–water partition coefficient (Wildman–Crippen LogP) is 2.94. The van der Waals surface area contributed by atoms with Gasteiger partial charge < -0.3 is 9.63 Å². The maximum absolute atomic E-state index is 12.0. The molecule has 0 fully saturated rings. The van der Waals surface area contributed by atoms with Crippen LogP contribution in [0.1, 0.15) is 12.3 Å². The van der Waals surface area contributed by atoms with Crippen LogP contribution in [0.2, 0.25) is 0 Å². The molecule has 1 aromatic carbocycles. The highest BCUT2D eigenvalue weighted by Gasteiger charge is 2.27. The number of rotatable bonds is 3. The summed E-state index contributed by atoms with van der Waals surface area (Å²) in [6, 6.07) is 5.96. The minimum atomic E-state index is -4.24. The first-order valence-corrected chi connectivity index (χ1v) is 5.13. The van der Waals surface area contributed by atoms with E-state index in [9.17, 15) is 13.2 Å². The lowest BCUT2D eigenvalue weighted by Gasteiger charge is -2.01. The van der Waals surface area contributed by atoms with Gasteiger partial charge >= 0.3 is 6.18 Å². The third-order valence-corrected chi connectivity index (χ3v) is 2.22. The molecule has 0 bridgehead atoms. The standard InChI is InChI=1S/C11H9F3N2O2/c12-11(13,14)6-5-9-15-10(16-18-9)7-1-3-8(17)4-2-7/h1-4,17H,5-6H2. The van der Waals surface area contributed by atoms with E-state index < -0.39 is 12.6 Å². The van der Waals surface area contributed by atoms with Crippen molar-refractivity contribution in [3.63, 3.8) is 0 Å². The average molecular weight is 258 g/mol. The van der Waals surface area contributed by atoms with E-state index in [-0.39, 0.29) is 23.9 Å². The van der Waals surface area contributed by atoms with Gasteiger partial charge in [0.2, 0.25) is 11.7 Å². The first kappa shape index (κ1) is 12.4. The van der Waals surface area contributed by atoms with Crippen molar-refractivity contribution in [1.29, 1.82) is 0 Å². The molecule has 1 heterocycles. The second-order valence-electron chi connectivity index (χ2n) is 3.67. The summed E-state index contributed by atoms with van der Waals surface area (Å²) in [6.07, 6.45) is -5.58. The van der Waals surface area contributed by atoms with Crippen LogP contribution in [-0.2, 0) is 6.42 Å². The van der Waals surface area contributed by atoms with E-state index in [1.807, 2.05) is 0 Å². The van der Waals surface area contributed by atoms with Gasteiger partial charge in [0.15, 0.2) is 0 Å². The van der Waals surface area contributed by atoms with E-state index in [1.54, 1.807) is 12.1 Å². The van der Waals surface area contributed by atoms with Gasteiger partial charge in [-0.15, -0.1) is 0 Å². The summed E-state index contributed by atoms with van der Waals surface area (Å²) in [4.78, 5) is 3.85. The molecule has 0 radical (unpaired) electrons. The van der Waals surface area contributed by atoms with Gasteiger partial charge in [0.1, 0.15) is 5.75 Å². The molecule has 18 heavy (non-hydrogen) atoms. The molecule has 0 saturated heterocycles. The zero-order valence-corrected chi connectivity index (χ0v) is 9.11. The molecule has 1 N–H and O–H groups in total. The highest BCUT2D eigenvalue weighted by Crippen LogP contribution is 2.23. The number of hydrogen-bond acceptors (Lipinski definition) is 4.